The van der Waals surface area contributed by atoms with Crippen LogP contribution in [0.15, 0.2) is 66.7 Å². The largest absolute Gasteiger partial charge is 0.497 e. The van der Waals surface area contributed by atoms with E-state index in [0.29, 0.717) is 83.5 Å². The third kappa shape index (κ3) is 6.39. The molecule has 0 fully saturated rings. The van der Waals surface area contributed by atoms with Crippen LogP contribution in [0.4, 0.5) is 0 Å². The van der Waals surface area contributed by atoms with E-state index in [0.717, 1.165) is 33.4 Å². The number of hydrogen-bond acceptors (Lipinski definition) is 7. The zero-order valence-corrected chi connectivity index (χ0v) is 32.0. The SMILES string of the molecule is COc1cc2c3c(c1)Oc1cc4c(cc1OC)CC[N+](C)(C(C)C(=O)O)C4Cc1ccc(cc1)Oc1cc(ccc1OC)CC3[N+](C)(C(C)C(=O)O)CC2. The summed E-state index contributed by atoms with van der Waals surface area (Å²) in [5, 5.41) is 20.8. The first kappa shape index (κ1) is 37.1. The highest BCUT2D eigenvalue weighted by Gasteiger charge is 2.49. The lowest BCUT2D eigenvalue weighted by atomic mass is 9.84. The number of nitrogens with zero attached hydrogens (tertiary/aromatic N) is 2. The van der Waals surface area contributed by atoms with Gasteiger partial charge in [0.25, 0.3) is 0 Å². The molecule has 8 rings (SSSR count). The zero-order valence-electron chi connectivity index (χ0n) is 32.0. The summed E-state index contributed by atoms with van der Waals surface area (Å²) in [5.74, 6) is 2.26. The third-order valence-electron chi connectivity index (χ3n) is 12.6. The number of carboxylic acids is 2. The molecule has 0 saturated heterocycles. The third-order valence-corrected chi connectivity index (χ3v) is 12.6. The minimum Gasteiger partial charge on any atom is -0.497 e. The Morgan fingerprint density at radius 3 is 1.89 bits per heavy atom. The first-order chi connectivity index (χ1) is 25.8. The number of methoxy groups -OCH3 is 3. The van der Waals surface area contributed by atoms with Crippen molar-refractivity contribution < 1.29 is 52.5 Å². The molecular weight excluding hydrogens is 688 g/mol. The van der Waals surface area contributed by atoms with Gasteiger partial charge in [0.1, 0.15) is 29.3 Å². The molecule has 4 aromatic carbocycles. The Balaban J connectivity index is 1.50. The fourth-order valence-electron chi connectivity index (χ4n) is 8.85. The first-order valence-corrected chi connectivity index (χ1v) is 18.5. The van der Waals surface area contributed by atoms with Gasteiger partial charge in [-0.2, -0.15) is 0 Å². The number of likely N-dealkylation sites (N-methyl/N-ethyl adjacent to an activating group) is 2. The van der Waals surface area contributed by atoms with Gasteiger partial charge in [0, 0.05) is 37.3 Å². The average molecular weight is 739 g/mol. The number of quaternary nitrogens is 2. The van der Waals surface area contributed by atoms with Crippen LogP contribution in [-0.4, -0.2) is 91.7 Å². The van der Waals surface area contributed by atoms with E-state index in [-0.39, 0.29) is 16.6 Å². The topological polar surface area (TPSA) is 121 Å². The molecular formula is C43H50N2O9+2. The van der Waals surface area contributed by atoms with Crippen molar-refractivity contribution in [1.82, 2.24) is 0 Å². The van der Waals surface area contributed by atoms with E-state index in [4.69, 9.17) is 23.7 Å². The van der Waals surface area contributed by atoms with E-state index in [9.17, 15) is 19.8 Å². The van der Waals surface area contributed by atoms with Crippen molar-refractivity contribution in [2.75, 3.05) is 48.5 Å². The Labute approximate surface area is 316 Å². The molecule has 0 amide bonds. The van der Waals surface area contributed by atoms with Gasteiger partial charge in [-0.15, -0.1) is 0 Å². The lowest BCUT2D eigenvalue weighted by Gasteiger charge is -2.48. The Kier molecular flexibility index (Phi) is 9.74. The maximum atomic E-state index is 12.8. The van der Waals surface area contributed by atoms with Crippen LogP contribution in [0.2, 0.25) is 0 Å². The van der Waals surface area contributed by atoms with E-state index in [1.165, 1.54) is 0 Å². The fourth-order valence-corrected chi connectivity index (χ4v) is 8.85. The van der Waals surface area contributed by atoms with Crippen LogP contribution >= 0.6 is 0 Å². The Morgan fingerprint density at radius 1 is 0.667 bits per heavy atom. The highest BCUT2D eigenvalue weighted by atomic mass is 16.5. The highest BCUT2D eigenvalue weighted by Crippen LogP contribution is 2.50. The molecule has 4 aliphatic rings. The number of ether oxygens (including phenoxy) is 5. The molecule has 54 heavy (non-hydrogen) atoms. The predicted molar refractivity (Wildman–Crippen MR) is 202 cm³/mol. The van der Waals surface area contributed by atoms with Crippen LogP contribution in [0.3, 0.4) is 0 Å². The summed E-state index contributed by atoms with van der Waals surface area (Å²) in [4.78, 5) is 25.4. The molecule has 6 bridgehead atoms. The summed E-state index contributed by atoms with van der Waals surface area (Å²) in [6.45, 7) is 4.78. The number of aliphatic carboxylic acids is 2. The van der Waals surface area contributed by atoms with Crippen LogP contribution in [0.5, 0.6) is 40.2 Å². The van der Waals surface area contributed by atoms with Gasteiger partial charge < -0.3 is 42.9 Å². The molecule has 4 aromatic rings. The van der Waals surface area contributed by atoms with Crippen LogP contribution in [0.1, 0.15) is 59.3 Å². The van der Waals surface area contributed by atoms with Crippen LogP contribution < -0.4 is 23.7 Å². The highest BCUT2D eigenvalue weighted by molar-refractivity contribution is 5.72. The molecule has 6 atom stereocenters. The quantitative estimate of drug-likeness (QED) is 0.191. The van der Waals surface area contributed by atoms with Crippen molar-refractivity contribution >= 4 is 11.9 Å². The maximum Gasteiger partial charge on any atom is 0.362 e. The van der Waals surface area contributed by atoms with Gasteiger partial charge in [-0.25, -0.2) is 9.59 Å². The standard InChI is InChI=1S/C43H48N2O9/c1-25(42(46)47)44(3)16-14-29-22-37(52-7)39-24-33(29)34(44)18-27-8-11-31(12-9-27)53-38-20-28(10-13-36(38)51-6)19-35-41-30(21-32(50-5)23-40(41)54-39)15-17-45(35,4)26(2)43(48)49/h8-13,20-26,34-35H,14-19H2,1-7H3/p+2. The van der Waals surface area contributed by atoms with Crippen LogP contribution in [-0.2, 0) is 35.3 Å². The molecule has 0 aliphatic carbocycles. The minimum atomic E-state index is -0.877. The summed E-state index contributed by atoms with van der Waals surface area (Å²) in [5.41, 5.74) is 6.00. The van der Waals surface area contributed by atoms with Crippen LogP contribution in [0.25, 0.3) is 0 Å². The lowest BCUT2D eigenvalue weighted by Crippen LogP contribution is -2.59. The molecule has 4 heterocycles. The molecule has 0 radical (unpaired) electrons. The second-order valence-corrected chi connectivity index (χ2v) is 15.3. The summed E-state index contributed by atoms with van der Waals surface area (Å²) >= 11 is 0. The Morgan fingerprint density at radius 2 is 1.26 bits per heavy atom. The minimum absolute atomic E-state index is 0.223. The summed E-state index contributed by atoms with van der Waals surface area (Å²) in [7, 11) is 8.90. The number of hydrogen-bond donors (Lipinski definition) is 2. The van der Waals surface area contributed by atoms with Crippen molar-refractivity contribution in [3.63, 3.8) is 0 Å². The van der Waals surface area contributed by atoms with E-state index in [2.05, 4.69) is 0 Å². The van der Waals surface area contributed by atoms with Crippen molar-refractivity contribution in [3.8, 4) is 40.2 Å². The number of fused-ring (bicyclic) bond motifs is 2. The fraction of sp³-hybridized carbons (Fsp3) is 0.395. The normalized spacial score (nSPS) is 24.0. The molecule has 2 N–H and O–H groups in total. The van der Waals surface area contributed by atoms with Crippen LogP contribution in [0, 0.1) is 0 Å². The van der Waals surface area contributed by atoms with Crippen molar-refractivity contribution in [1.29, 1.82) is 0 Å². The van der Waals surface area contributed by atoms with Crippen molar-refractivity contribution in [2.45, 2.75) is 63.7 Å². The molecule has 0 aromatic heterocycles. The summed E-state index contributed by atoms with van der Waals surface area (Å²) in [6.07, 6.45) is 2.34. The van der Waals surface area contributed by atoms with Gasteiger partial charge in [-0.1, -0.05) is 18.2 Å². The molecule has 6 unspecified atom stereocenters. The zero-order chi connectivity index (χ0) is 38.5. The molecule has 11 nitrogen and oxygen atoms in total. The van der Waals surface area contributed by atoms with Gasteiger partial charge in [0.05, 0.1) is 54.1 Å². The molecule has 0 spiro atoms. The number of carboxylic acid groups (broad SMARTS) is 2. The van der Waals surface area contributed by atoms with E-state index in [1.807, 2.05) is 80.8 Å². The van der Waals surface area contributed by atoms with E-state index < -0.39 is 24.0 Å². The Bertz CT molecular complexity index is 2100. The molecule has 11 heteroatoms. The molecule has 0 saturated carbocycles. The average Bonchev–Trinajstić information content (AvgIpc) is 3.16. The second kappa shape index (κ2) is 14.2. The van der Waals surface area contributed by atoms with E-state index >= 15 is 0 Å². The number of carbonyl (C=O) groups is 2. The monoisotopic (exact) mass is 738 g/mol. The number of rotatable bonds is 7. The second-order valence-electron chi connectivity index (χ2n) is 15.3. The molecule has 284 valence electrons. The smallest absolute Gasteiger partial charge is 0.362 e. The Hall–Kier alpha value is -5.26. The van der Waals surface area contributed by atoms with Gasteiger partial charge in [0.15, 0.2) is 35.1 Å². The van der Waals surface area contributed by atoms with Gasteiger partial charge in [-0.3, -0.25) is 0 Å². The number of benzene rings is 4. The summed E-state index contributed by atoms with van der Waals surface area (Å²) in [6, 6.07) is 19.8. The van der Waals surface area contributed by atoms with Crippen molar-refractivity contribution in [3.05, 3.63) is 100 Å². The van der Waals surface area contributed by atoms with Crippen molar-refractivity contribution in [2.24, 2.45) is 0 Å². The van der Waals surface area contributed by atoms with Gasteiger partial charge in [-0.05, 0) is 78.6 Å². The molecule has 4 aliphatic heterocycles. The van der Waals surface area contributed by atoms with E-state index in [1.54, 1.807) is 35.2 Å². The van der Waals surface area contributed by atoms with Gasteiger partial charge in [0.2, 0.25) is 0 Å². The maximum absolute atomic E-state index is 12.8. The predicted octanol–water partition coefficient (Wildman–Crippen LogP) is 7.13. The lowest BCUT2D eigenvalue weighted by molar-refractivity contribution is -0.954. The van der Waals surface area contributed by atoms with Gasteiger partial charge >= 0.3 is 11.9 Å². The summed E-state index contributed by atoms with van der Waals surface area (Å²) < 4.78 is 31.6. The first-order valence-electron chi connectivity index (χ1n) is 18.5.